The number of carbonyl (C=O) groups is 1. The lowest BCUT2D eigenvalue weighted by Gasteiger charge is -2.18. The van der Waals surface area contributed by atoms with E-state index in [1.165, 1.54) is 12.1 Å². The van der Waals surface area contributed by atoms with Crippen LogP contribution in [-0.4, -0.2) is 50.7 Å². The first-order chi connectivity index (χ1) is 13.8. The Kier molecular flexibility index (Phi) is 6.39. The van der Waals surface area contributed by atoms with E-state index in [2.05, 4.69) is 4.98 Å². The van der Waals surface area contributed by atoms with Gasteiger partial charge in [0.15, 0.2) is 9.84 Å². The van der Waals surface area contributed by atoms with E-state index >= 15 is 0 Å². The lowest BCUT2D eigenvalue weighted by molar-refractivity contribution is 0.0789. The van der Waals surface area contributed by atoms with Crippen LogP contribution in [0.3, 0.4) is 0 Å². The molecule has 3 aromatic rings. The van der Waals surface area contributed by atoms with Gasteiger partial charge in [-0.15, -0.1) is 0 Å². The van der Waals surface area contributed by atoms with Crippen LogP contribution < -0.4 is 4.74 Å². The molecule has 29 heavy (non-hydrogen) atoms. The van der Waals surface area contributed by atoms with Gasteiger partial charge in [-0.3, -0.25) is 4.79 Å². The third-order valence-corrected chi connectivity index (χ3v) is 5.71. The third kappa shape index (κ3) is 5.25. The minimum atomic E-state index is -3.28. The molecule has 0 aliphatic rings. The van der Waals surface area contributed by atoms with Crippen molar-refractivity contribution < 1.29 is 17.9 Å². The second-order valence-electron chi connectivity index (χ2n) is 6.69. The van der Waals surface area contributed by atoms with E-state index in [9.17, 15) is 13.2 Å². The molecule has 0 aliphatic heterocycles. The van der Waals surface area contributed by atoms with E-state index in [1.54, 1.807) is 30.1 Å². The summed E-state index contributed by atoms with van der Waals surface area (Å²) in [6.45, 7) is 0.821. The van der Waals surface area contributed by atoms with Gasteiger partial charge in [0, 0.05) is 25.2 Å². The Morgan fingerprint density at radius 1 is 1.14 bits per heavy atom. The average molecular weight is 433 g/mol. The van der Waals surface area contributed by atoms with Gasteiger partial charge < -0.3 is 9.64 Å². The van der Waals surface area contributed by atoms with Gasteiger partial charge >= 0.3 is 0 Å². The summed E-state index contributed by atoms with van der Waals surface area (Å²) in [6.07, 6.45) is 1.74. The van der Waals surface area contributed by atoms with Crippen LogP contribution in [0.4, 0.5) is 0 Å². The van der Waals surface area contributed by atoms with Gasteiger partial charge in [0.1, 0.15) is 10.9 Å². The molecule has 8 heteroatoms. The fraction of sp³-hybridized carbons (Fsp3) is 0.238. The summed E-state index contributed by atoms with van der Waals surface area (Å²) in [7, 11) is -1.56. The molecule has 0 N–H and O–H groups in total. The molecular weight excluding hydrogens is 412 g/mol. The maximum absolute atomic E-state index is 12.9. The van der Waals surface area contributed by atoms with Crippen LogP contribution in [0.2, 0.25) is 5.15 Å². The Hall–Kier alpha value is -2.64. The normalized spacial score (nSPS) is 11.4. The highest BCUT2D eigenvalue weighted by molar-refractivity contribution is 7.90. The topological polar surface area (TPSA) is 76.6 Å². The van der Waals surface area contributed by atoms with Crippen LogP contribution in [0.5, 0.6) is 5.75 Å². The van der Waals surface area contributed by atoms with Crippen LogP contribution in [-0.2, 0) is 9.84 Å². The molecule has 0 fully saturated rings. The fourth-order valence-electron chi connectivity index (χ4n) is 2.91. The van der Waals surface area contributed by atoms with Crippen LogP contribution in [0.1, 0.15) is 16.8 Å². The molecule has 2 aromatic carbocycles. The van der Waals surface area contributed by atoms with E-state index in [4.69, 9.17) is 16.3 Å². The maximum Gasteiger partial charge on any atom is 0.254 e. The molecule has 0 atom stereocenters. The van der Waals surface area contributed by atoms with Crippen molar-refractivity contribution in [2.45, 2.75) is 11.3 Å². The molecule has 0 aliphatic carbocycles. The molecule has 1 aromatic heterocycles. The third-order valence-electron chi connectivity index (χ3n) is 4.40. The zero-order valence-electron chi connectivity index (χ0n) is 16.1. The molecule has 3 rings (SSSR count). The first-order valence-corrected chi connectivity index (χ1v) is 11.3. The van der Waals surface area contributed by atoms with Gasteiger partial charge in [-0.25, -0.2) is 13.4 Å². The summed E-state index contributed by atoms with van der Waals surface area (Å²) in [5.41, 5.74) is 1.18. The monoisotopic (exact) mass is 432 g/mol. The van der Waals surface area contributed by atoms with Crippen molar-refractivity contribution in [3.8, 4) is 5.75 Å². The van der Waals surface area contributed by atoms with E-state index in [0.717, 1.165) is 11.6 Å². The van der Waals surface area contributed by atoms with Crippen molar-refractivity contribution in [3.05, 3.63) is 65.3 Å². The Morgan fingerprint density at radius 3 is 2.66 bits per heavy atom. The summed E-state index contributed by atoms with van der Waals surface area (Å²) in [5, 5.41) is 1.03. The summed E-state index contributed by atoms with van der Waals surface area (Å²) in [4.78, 5) is 18.9. The number of benzene rings is 2. The highest BCUT2D eigenvalue weighted by Crippen LogP contribution is 2.22. The Morgan fingerprint density at radius 2 is 1.90 bits per heavy atom. The van der Waals surface area contributed by atoms with Gasteiger partial charge in [0.2, 0.25) is 0 Å². The van der Waals surface area contributed by atoms with Crippen LogP contribution in [0.15, 0.2) is 59.5 Å². The number of hydrogen-bond donors (Lipinski definition) is 0. The highest BCUT2D eigenvalue weighted by Gasteiger charge is 2.16. The van der Waals surface area contributed by atoms with E-state index in [-0.39, 0.29) is 16.0 Å². The molecule has 0 bridgehead atoms. The molecule has 1 heterocycles. The lowest BCUT2D eigenvalue weighted by Crippen LogP contribution is -2.29. The van der Waals surface area contributed by atoms with Crippen LogP contribution in [0.25, 0.3) is 10.9 Å². The lowest BCUT2D eigenvalue weighted by atomic mass is 10.1. The minimum Gasteiger partial charge on any atom is -0.493 e. The standard InChI is InChI=1S/C21H21ClN2O4S/c1-24(11-6-12-28-15-7-5-8-16(13-15)29(2,26)27)21(25)18-14-20(22)23-19-10-4-3-9-17(18)19/h3-5,7-10,13-14H,6,11-12H2,1-2H3. The second kappa shape index (κ2) is 8.80. The van der Waals surface area contributed by atoms with Crippen LogP contribution in [0, 0.1) is 0 Å². The van der Waals surface area contributed by atoms with Gasteiger partial charge in [0.25, 0.3) is 5.91 Å². The minimum absolute atomic E-state index is 0.149. The van der Waals surface area contributed by atoms with E-state index < -0.39 is 9.84 Å². The van der Waals surface area contributed by atoms with Crippen molar-refractivity contribution >= 4 is 38.2 Å². The van der Waals surface area contributed by atoms with Gasteiger partial charge in [-0.05, 0) is 36.8 Å². The fourth-order valence-corrected chi connectivity index (χ4v) is 3.77. The zero-order valence-corrected chi connectivity index (χ0v) is 17.7. The Balaban J connectivity index is 1.61. The number of fused-ring (bicyclic) bond motifs is 1. The van der Waals surface area contributed by atoms with Crippen LogP contribution >= 0.6 is 11.6 Å². The smallest absolute Gasteiger partial charge is 0.254 e. The summed E-state index contributed by atoms with van der Waals surface area (Å²) < 4.78 is 28.9. The molecule has 0 unspecified atom stereocenters. The predicted molar refractivity (Wildman–Crippen MR) is 113 cm³/mol. The number of aromatic nitrogens is 1. The molecule has 1 amide bonds. The van der Waals surface area contributed by atoms with Crippen molar-refractivity contribution in [2.24, 2.45) is 0 Å². The first-order valence-electron chi connectivity index (χ1n) is 8.99. The van der Waals surface area contributed by atoms with Crippen molar-refractivity contribution in [1.82, 2.24) is 9.88 Å². The molecule has 0 radical (unpaired) electrons. The van der Waals surface area contributed by atoms with Crippen molar-refractivity contribution in [3.63, 3.8) is 0 Å². The number of hydrogen-bond acceptors (Lipinski definition) is 5. The first kappa shape index (κ1) is 21.1. The number of carbonyl (C=O) groups excluding carboxylic acids is 1. The largest absolute Gasteiger partial charge is 0.493 e. The predicted octanol–water partition coefficient (Wildman–Crippen LogP) is 3.83. The molecule has 6 nitrogen and oxygen atoms in total. The number of pyridine rings is 1. The van der Waals surface area contributed by atoms with Gasteiger partial charge in [0.05, 0.1) is 22.6 Å². The van der Waals surface area contributed by atoms with E-state index in [1.807, 2.05) is 24.3 Å². The Labute approximate surface area is 175 Å². The number of rotatable bonds is 7. The second-order valence-corrected chi connectivity index (χ2v) is 9.09. The summed E-state index contributed by atoms with van der Waals surface area (Å²) in [5.74, 6) is 0.332. The molecule has 0 saturated carbocycles. The highest BCUT2D eigenvalue weighted by atomic mass is 35.5. The number of sulfone groups is 1. The summed E-state index contributed by atoms with van der Waals surface area (Å²) in [6, 6.07) is 15.3. The van der Waals surface area contributed by atoms with Gasteiger partial charge in [-0.2, -0.15) is 0 Å². The quantitative estimate of drug-likeness (QED) is 0.419. The molecule has 152 valence electrons. The maximum atomic E-state index is 12.9. The zero-order chi connectivity index (χ0) is 21.0. The van der Waals surface area contributed by atoms with Crippen molar-refractivity contribution in [2.75, 3.05) is 26.5 Å². The number of ether oxygens (including phenoxy) is 1. The average Bonchev–Trinajstić information content (AvgIpc) is 2.69. The SMILES string of the molecule is CN(CCCOc1cccc(S(C)(=O)=O)c1)C(=O)c1cc(Cl)nc2ccccc12. The molecule has 0 saturated heterocycles. The summed E-state index contributed by atoms with van der Waals surface area (Å²) >= 11 is 6.07. The number of halogens is 1. The van der Waals surface area contributed by atoms with Crippen molar-refractivity contribution in [1.29, 1.82) is 0 Å². The molecular formula is C21H21ClN2O4S. The van der Waals surface area contributed by atoms with E-state index in [0.29, 0.717) is 36.4 Å². The molecule has 0 spiro atoms. The van der Waals surface area contributed by atoms with Gasteiger partial charge in [-0.1, -0.05) is 35.9 Å². The number of nitrogens with zero attached hydrogens (tertiary/aromatic N) is 2. The number of para-hydroxylation sites is 1. The number of amides is 1. The Bertz CT molecular complexity index is 1150.